The Labute approximate surface area is 152 Å². The van der Waals surface area contributed by atoms with Gasteiger partial charge < -0.3 is 5.32 Å². The van der Waals surface area contributed by atoms with Crippen molar-refractivity contribution in [2.45, 2.75) is 20.4 Å². The Balaban J connectivity index is 1.72. The van der Waals surface area contributed by atoms with Crippen molar-refractivity contribution in [3.8, 4) is 0 Å². The number of hydrogen-bond donors (Lipinski definition) is 1. The van der Waals surface area contributed by atoms with Gasteiger partial charge in [0.25, 0.3) is 5.91 Å². The summed E-state index contributed by atoms with van der Waals surface area (Å²) in [4.78, 5) is 24.4. The van der Waals surface area contributed by atoms with Crippen molar-refractivity contribution in [1.82, 2.24) is 5.32 Å². The lowest BCUT2D eigenvalue weighted by atomic mass is 10.1. The van der Waals surface area contributed by atoms with Crippen LogP contribution in [0.5, 0.6) is 0 Å². The predicted octanol–water partition coefficient (Wildman–Crippen LogP) is 2.24. The first-order valence-corrected chi connectivity index (χ1v) is 9.90. The van der Waals surface area contributed by atoms with Gasteiger partial charge in [-0.3, -0.25) is 9.59 Å². The minimum atomic E-state index is -3.64. The molecule has 0 unspecified atom stereocenters. The van der Waals surface area contributed by atoms with Crippen molar-refractivity contribution in [2.75, 3.05) is 10.1 Å². The fourth-order valence-corrected chi connectivity index (χ4v) is 4.74. The molecule has 136 valence electrons. The van der Waals surface area contributed by atoms with Crippen LogP contribution in [0.1, 0.15) is 28.4 Å². The Morgan fingerprint density at radius 3 is 2.38 bits per heavy atom. The Kier molecular flexibility index (Phi) is 4.82. The zero-order valence-corrected chi connectivity index (χ0v) is 15.4. The van der Waals surface area contributed by atoms with Crippen LogP contribution in [0.15, 0.2) is 48.5 Å². The fraction of sp³-hybridized carbons (Fsp3) is 0.263. The number of anilines is 1. The summed E-state index contributed by atoms with van der Waals surface area (Å²) >= 11 is 0. The van der Waals surface area contributed by atoms with Crippen LogP contribution >= 0.6 is 0 Å². The topological polar surface area (TPSA) is 83.6 Å². The van der Waals surface area contributed by atoms with E-state index in [9.17, 15) is 18.0 Å². The van der Waals surface area contributed by atoms with Gasteiger partial charge in [0.05, 0.1) is 17.4 Å². The second-order valence-electron chi connectivity index (χ2n) is 6.44. The molecule has 0 saturated carbocycles. The lowest BCUT2D eigenvalue weighted by molar-refractivity contribution is -0.119. The van der Waals surface area contributed by atoms with Gasteiger partial charge in [0.15, 0.2) is 0 Å². The standard InChI is InChI=1S/C19H20N2O4S/c1-13-5-3-4-6-16(13)11-20-18(22)15-7-9-17(10-8-15)21-19(23)14(2)12-26(21,24)25/h3-10,14H,11-12H2,1-2H3,(H,20,22)/t14-/m1/s1. The average Bonchev–Trinajstić information content (AvgIpc) is 2.81. The second kappa shape index (κ2) is 6.92. The summed E-state index contributed by atoms with van der Waals surface area (Å²) in [5, 5.41) is 2.84. The van der Waals surface area contributed by atoms with E-state index in [0.29, 0.717) is 12.1 Å². The highest BCUT2D eigenvalue weighted by Gasteiger charge is 2.41. The minimum absolute atomic E-state index is 0.190. The van der Waals surface area contributed by atoms with Gasteiger partial charge in [-0.2, -0.15) is 0 Å². The zero-order chi connectivity index (χ0) is 18.9. The number of nitrogens with zero attached hydrogens (tertiary/aromatic N) is 1. The summed E-state index contributed by atoms with van der Waals surface area (Å²) in [5.41, 5.74) is 2.78. The van der Waals surface area contributed by atoms with Crippen LogP contribution in [-0.4, -0.2) is 26.0 Å². The van der Waals surface area contributed by atoms with Crippen LogP contribution in [0, 0.1) is 12.8 Å². The second-order valence-corrected chi connectivity index (χ2v) is 8.30. The third-order valence-electron chi connectivity index (χ3n) is 4.43. The third kappa shape index (κ3) is 3.48. The Morgan fingerprint density at radius 1 is 1.15 bits per heavy atom. The molecule has 3 rings (SSSR count). The van der Waals surface area contributed by atoms with Crippen LogP contribution in [0.4, 0.5) is 5.69 Å². The summed E-state index contributed by atoms with van der Waals surface area (Å²) < 4.78 is 25.1. The Hall–Kier alpha value is -2.67. The molecule has 1 heterocycles. The maximum Gasteiger partial charge on any atom is 0.251 e. The summed E-state index contributed by atoms with van der Waals surface area (Å²) in [7, 11) is -3.64. The number of hydrogen-bond acceptors (Lipinski definition) is 4. The van der Waals surface area contributed by atoms with Gasteiger partial charge in [0.1, 0.15) is 0 Å². The molecule has 26 heavy (non-hydrogen) atoms. The molecule has 0 radical (unpaired) electrons. The van der Waals surface area contributed by atoms with Crippen LogP contribution < -0.4 is 9.62 Å². The van der Waals surface area contributed by atoms with E-state index in [1.165, 1.54) is 24.3 Å². The normalized spacial score (nSPS) is 18.8. The summed E-state index contributed by atoms with van der Waals surface area (Å²) in [5.74, 6) is -1.45. The predicted molar refractivity (Wildman–Crippen MR) is 99.2 cm³/mol. The monoisotopic (exact) mass is 372 g/mol. The number of sulfonamides is 1. The van der Waals surface area contributed by atoms with E-state index in [2.05, 4.69) is 5.32 Å². The molecule has 1 aliphatic rings. The van der Waals surface area contributed by atoms with Gasteiger partial charge in [-0.05, 0) is 42.3 Å². The molecule has 1 saturated heterocycles. The molecule has 1 fully saturated rings. The van der Waals surface area contributed by atoms with Crippen molar-refractivity contribution in [3.63, 3.8) is 0 Å². The number of carbonyl (C=O) groups excluding carboxylic acids is 2. The van der Waals surface area contributed by atoms with Gasteiger partial charge in [-0.15, -0.1) is 0 Å². The van der Waals surface area contributed by atoms with Crippen molar-refractivity contribution < 1.29 is 18.0 Å². The number of rotatable bonds is 4. The van der Waals surface area contributed by atoms with Gasteiger partial charge in [-0.1, -0.05) is 31.2 Å². The molecule has 0 aromatic heterocycles. The van der Waals surface area contributed by atoms with Crippen LogP contribution in [0.2, 0.25) is 0 Å². The van der Waals surface area contributed by atoms with Gasteiger partial charge >= 0.3 is 0 Å². The van der Waals surface area contributed by atoms with E-state index in [0.717, 1.165) is 15.4 Å². The number of benzene rings is 2. The SMILES string of the molecule is Cc1ccccc1CNC(=O)c1ccc(N2C(=O)[C@H](C)CS2(=O)=O)cc1. The Morgan fingerprint density at radius 2 is 1.81 bits per heavy atom. The molecule has 0 bridgehead atoms. The zero-order valence-electron chi connectivity index (χ0n) is 14.6. The molecule has 1 atom stereocenters. The maximum absolute atomic E-state index is 12.3. The van der Waals surface area contributed by atoms with E-state index in [1.807, 2.05) is 31.2 Å². The first kappa shape index (κ1) is 18.1. The smallest absolute Gasteiger partial charge is 0.251 e. The molecular formula is C19H20N2O4S. The first-order valence-electron chi connectivity index (χ1n) is 8.29. The number of nitrogens with one attached hydrogen (secondary N) is 1. The fourth-order valence-electron chi connectivity index (χ4n) is 2.92. The summed E-state index contributed by atoms with van der Waals surface area (Å²) in [6.07, 6.45) is 0. The molecule has 1 aliphatic heterocycles. The highest BCUT2D eigenvalue weighted by molar-refractivity contribution is 7.94. The van der Waals surface area contributed by atoms with E-state index >= 15 is 0 Å². The van der Waals surface area contributed by atoms with Gasteiger partial charge in [-0.25, -0.2) is 12.7 Å². The van der Waals surface area contributed by atoms with Crippen molar-refractivity contribution >= 4 is 27.5 Å². The van der Waals surface area contributed by atoms with Crippen LogP contribution in [-0.2, 0) is 21.4 Å². The highest BCUT2D eigenvalue weighted by atomic mass is 32.2. The van der Waals surface area contributed by atoms with Gasteiger partial charge in [0.2, 0.25) is 15.9 Å². The minimum Gasteiger partial charge on any atom is -0.348 e. The third-order valence-corrected chi connectivity index (χ3v) is 6.29. The maximum atomic E-state index is 12.3. The van der Waals surface area contributed by atoms with Crippen molar-refractivity contribution in [3.05, 3.63) is 65.2 Å². The molecule has 0 spiro atoms. The van der Waals surface area contributed by atoms with E-state index in [4.69, 9.17) is 0 Å². The lowest BCUT2D eigenvalue weighted by Crippen LogP contribution is -2.30. The largest absolute Gasteiger partial charge is 0.348 e. The van der Waals surface area contributed by atoms with E-state index in [-0.39, 0.29) is 17.3 Å². The average molecular weight is 372 g/mol. The number of aryl methyl sites for hydroxylation is 1. The van der Waals surface area contributed by atoms with E-state index < -0.39 is 21.8 Å². The molecule has 1 N–H and O–H groups in total. The summed E-state index contributed by atoms with van der Waals surface area (Å²) in [6.45, 7) is 3.97. The lowest BCUT2D eigenvalue weighted by Gasteiger charge is -2.15. The van der Waals surface area contributed by atoms with Crippen molar-refractivity contribution in [2.24, 2.45) is 5.92 Å². The highest BCUT2D eigenvalue weighted by Crippen LogP contribution is 2.28. The van der Waals surface area contributed by atoms with E-state index in [1.54, 1.807) is 6.92 Å². The summed E-state index contributed by atoms with van der Waals surface area (Å²) in [6, 6.07) is 13.8. The number of amides is 2. The molecule has 2 amide bonds. The quantitative estimate of drug-likeness (QED) is 0.892. The van der Waals surface area contributed by atoms with Crippen LogP contribution in [0.25, 0.3) is 0 Å². The molecular weight excluding hydrogens is 352 g/mol. The molecule has 6 nitrogen and oxygen atoms in total. The molecule has 7 heteroatoms. The first-order chi connectivity index (χ1) is 12.3. The molecule has 0 aliphatic carbocycles. The molecule has 2 aromatic rings. The number of carbonyl (C=O) groups is 2. The van der Waals surface area contributed by atoms with Crippen LogP contribution in [0.3, 0.4) is 0 Å². The van der Waals surface area contributed by atoms with Gasteiger partial charge in [0, 0.05) is 12.1 Å². The van der Waals surface area contributed by atoms with Crippen molar-refractivity contribution in [1.29, 1.82) is 0 Å². The Bertz CT molecular complexity index is 952. The molecule has 2 aromatic carbocycles.